The van der Waals surface area contributed by atoms with Crippen LogP contribution in [0.25, 0.3) is 117 Å². The van der Waals surface area contributed by atoms with Gasteiger partial charge in [-0.1, -0.05) is 231 Å². The fourth-order valence-electron chi connectivity index (χ4n) is 14.5. The van der Waals surface area contributed by atoms with Crippen molar-refractivity contribution < 1.29 is 0 Å². The largest absolute Gasteiger partial charge is 0.337 e. The van der Waals surface area contributed by atoms with Crippen LogP contribution in [-0.2, 0) is 46.2 Å². The van der Waals surface area contributed by atoms with E-state index in [1.54, 1.807) is 0 Å². The van der Waals surface area contributed by atoms with Crippen molar-refractivity contribution in [3.05, 3.63) is 398 Å². The molecule has 0 N–H and O–H groups in total. The summed E-state index contributed by atoms with van der Waals surface area (Å²) in [6, 6.07) is 89.5. The molecule has 18 nitrogen and oxygen atoms in total. The fourth-order valence-corrected chi connectivity index (χ4v) is 14.5. The SMILES string of the molecule is C(=Cc1ncc2ccccc2n1)C1=NC(c2ccccc2)=CC1.C1=C(c2ccccc2)N=C(/C=C/c2ncc3ccccc3n2)C1.C1=C(c2ccccc2)N=C(CCc2ncc3ccccc3n2)C1.Cc1nc(CCc2nc3c4cccnc4ccc3n2C)nc2ccccc12.Cn1cc(-c2ccccc2)nc1CCc1ncc2ccccc2n1. The number of imidazole rings is 2. The van der Waals surface area contributed by atoms with Crippen LogP contribution in [0.3, 0.4) is 0 Å². The van der Waals surface area contributed by atoms with E-state index >= 15 is 0 Å². The van der Waals surface area contributed by atoms with Crippen molar-refractivity contribution in [3.8, 4) is 11.3 Å². The van der Waals surface area contributed by atoms with Gasteiger partial charge in [0.15, 0.2) is 11.6 Å². The van der Waals surface area contributed by atoms with E-state index in [1.165, 1.54) is 11.3 Å². The van der Waals surface area contributed by atoms with Crippen molar-refractivity contribution in [3.63, 3.8) is 0 Å². The number of nitrogens with zero attached hydrogens (tertiary/aromatic N) is 18. The second-order valence-electron chi connectivity index (χ2n) is 29.1. The third-order valence-corrected chi connectivity index (χ3v) is 20.9. The molecule has 21 rings (SSSR count). The van der Waals surface area contributed by atoms with Crippen LogP contribution in [-0.4, -0.2) is 91.1 Å². The molecule has 11 heterocycles. The minimum Gasteiger partial charge on any atom is -0.337 e. The Kier molecular flexibility index (Phi) is 23.9. The van der Waals surface area contributed by atoms with Crippen LogP contribution in [0.5, 0.6) is 0 Å². The number of aryl methyl sites for hydroxylation is 8. The Morgan fingerprint density at radius 2 is 0.750 bits per heavy atom. The molecule has 0 unspecified atom stereocenters. The van der Waals surface area contributed by atoms with Gasteiger partial charge in [0.25, 0.3) is 0 Å². The van der Waals surface area contributed by atoms with Crippen molar-refractivity contribution >= 4 is 123 Å². The first-order valence-corrected chi connectivity index (χ1v) is 40.3. The minimum atomic E-state index is 0.708. The summed E-state index contributed by atoms with van der Waals surface area (Å²) in [7, 11) is 4.11. The summed E-state index contributed by atoms with van der Waals surface area (Å²) in [6.07, 6.45) is 33.3. The van der Waals surface area contributed by atoms with Gasteiger partial charge in [0.2, 0.25) is 0 Å². The van der Waals surface area contributed by atoms with E-state index in [-0.39, 0.29) is 0 Å². The maximum Gasteiger partial charge on any atom is 0.152 e. The van der Waals surface area contributed by atoms with E-state index in [9.17, 15) is 0 Å². The number of benzene rings is 10. The Morgan fingerprint density at radius 1 is 0.317 bits per heavy atom. The Balaban J connectivity index is 0.000000107. The Morgan fingerprint density at radius 3 is 1.30 bits per heavy atom. The number of hydrogen-bond acceptors (Lipinski definition) is 16. The van der Waals surface area contributed by atoms with Gasteiger partial charge in [-0.2, -0.15) is 0 Å². The lowest BCUT2D eigenvalue weighted by atomic mass is 10.1. The van der Waals surface area contributed by atoms with Crippen LogP contribution in [0, 0.1) is 6.92 Å². The molecule has 18 heteroatoms. The zero-order chi connectivity index (χ0) is 81.2. The van der Waals surface area contributed by atoms with E-state index in [4.69, 9.17) is 24.9 Å². The molecule has 3 aliphatic rings. The summed E-state index contributed by atoms with van der Waals surface area (Å²) in [4.78, 5) is 73.7. The molecule has 0 saturated carbocycles. The highest BCUT2D eigenvalue weighted by Crippen LogP contribution is 2.29. The highest BCUT2D eigenvalue weighted by molar-refractivity contribution is 6.07. The van der Waals surface area contributed by atoms with E-state index < -0.39 is 0 Å². The molecular formula is C102H84N18. The molecule has 0 amide bonds. The number of allylic oxidation sites excluding steroid dienone is 5. The number of hydrogen-bond donors (Lipinski definition) is 0. The van der Waals surface area contributed by atoms with Crippen molar-refractivity contribution in [2.75, 3.05) is 0 Å². The summed E-state index contributed by atoms with van der Waals surface area (Å²) >= 11 is 0. The zero-order valence-corrected chi connectivity index (χ0v) is 66.8. The molecule has 3 aliphatic heterocycles. The predicted octanol–water partition coefficient (Wildman–Crippen LogP) is 21.5. The molecule has 8 aromatic heterocycles. The monoisotopic (exact) mass is 1560 g/mol. The third-order valence-electron chi connectivity index (χ3n) is 20.9. The highest BCUT2D eigenvalue weighted by atomic mass is 15.1. The lowest BCUT2D eigenvalue weighted by molar-refractivity contribution is 0.750. The van der Waals surface area contributed by atoms with Crippen molar-refractivity contribution in [1.29, 1.82) is 0 Å². The first kappa shape index (κ1) is 77.3. The molecule has 0 aliphatic carbocycles. The number of fused-ring (bicyclic) bond motifs is 8. The summed E-state index contributed by atoms with van der Waals surface area (Å²) in [5.74, 6) is 6.11. The Hall–Kier alpha value is -15.3. The van der Waals surface area contributed by atoms with Crippen LogP contribution in [0.2, 0.25) is 0 Å². The molecule has 0 fully saturated rings. The van der Waals surface area contributed by atoms with Crippen LogP contribution in [0.4, 0.5) is 0 Å². The molecule has 0 saturated heterocycles. The Labute approximate surface area is 695 Å². The smallest absolute Gasteiger partial charge is 0.152 e. The van der Waals surface area contributed by atoms with Gasteiger partial charge >= 0.3 is 0 Å². The van der Waals surface area contributed by atoms with E-state index in [0.717, 1.165) is 220 Å². The highest BCUT2D eigenvalue weighted by Gasteiger charge is 2.17. The molecule has 120 heavy (non-hydrogen) atoms. The van der Waals surface area contributed by atoms with Gasteiger partial charge in [-0.05, 0) is 109 Å². The maximum absolute atomic E-state index is 4.91. The standard InChI is InChI=1S/C22H19N5.C20H18N4.C20H17N3.2C20H15N3/c1-14-15-6-3-4-8-18(15)25-20(24-14)11-12-21-26-22-16-7-5-13-23-17(16)9-10-19(22)27(21)2;1-24-14-18(15-7-3-2-4-8-15)23-20(24)12-11-19-21-13-16-9-5-6-10-17(16)22-19;3*1-2-6-15(7-3-1)19-12-10-17(22-19)11-13-20-21-14-16-8-4-5-9-18(16)23-20/h3-10,13H,11-12H2,1-2H3;2-10,13-14H,11-12H2,1H3;1-9,12,14H,10-11,13H2;2*1-9,11-14H,10H2/b;;;13-11+;. The van der Waals surface area contributed by atoms with Crippen LogP contribution in [0.15, 0.2) is 349 Å². The predicted molar refractivity (Wildman–Crippen MR) is 488 cm³/mol. The molecule has 0 spiro atoms. The molecule has 18 aromatic rings. The molecule has 10 aromatic carbocycles. The second-order valence-corrected chi connectivity index (χ2v) is 29.1. The fraction of sp³-hybridized carbons (Fsp3) is 0.118. The first-order chi connectivity index (χ1) is 59.1. The summed E-state index contributed by atoms with van der Waals surface area (Å²) in [5, 5.41) is 6.47. The lowest BCUT2D eigenvalue weighted by Crippen LogP contribution is -2.04. The number of pyridine rings is 1. The number of para-hydroxylation sites is 5. The van der Waals surface area contributed by atoms with E-state index in [1.807, 2.05) is 263 Å². The summed E-state index contributed by atoms with van der Waals surface area (Å²) in [5.41, 5.74) is 21.1. The molecular weight excluding hydrogens is 1480 g/mol. The average molecular weight is 1560 g/mol. The number of aliphatic imine (C=N–C) groups is 3. The minimum absolute atomic E-state index is 0.708. The van der Waals surface area contributed by atoms with Gasteiger partial charge in [-0.25, -0.2) is 59.8 Å². The van der Waals surface area contributed by atoms with Crippen molar-refractivity contribution in [2.24, 2.45) is 29.1 Å². The normalized spacial score (nSPS) is 13.0. The summed E-state index contributed by atoms with van der Waals surface area (Å²) < 4.78 is 4.25. The van der Waals surface area contributed by atoms with Gasteiger partial charge < -0.3 is 9.13 Å². The van der Waals surface area contributed by atoms with Crippen LogP contribution >= 0.6 is 0 Å². The maximum atomic E-state index is 4.91. The van der Waals surface area contributed by atoms with E-state index in [2.05, 4.69) is 168 Å². The summed E-state index contributed by atoms with van der Waals surface area (Å²) in [6.45, 7) is 2.04. The zero-order valence-electron chi connectivity index (χ0n) is 66.8. The van der Waals surface area contributed by atoms with Crippen molar-refractivity contribution in [1.82, 2.24) is 73.9 Å². The molecule has 0 radical (unpaired) electrons. The number of aromatic nitrogens is 15. The lowest BCUT2D eigenvalue weighted by Gasteiger charge is -2.06. The molecule has 0 atom stereocenters. The first-order valence-electron chi connectivity index (χ1n) is 40.3. The topological polar surface area (TPSA) is 215 Å². The van der Waals surface area contributed by atoms with Gasteiger partial charge in [0, 0.05) is 163 Å². The average Bonchev–Trinajstić information content (AvgIpc) is 1.61. The van der Waals surface area contributed by atoms with Gasteiger partial charge in [-0.3, -0.25) is 20.0 Å². The molecule has 582 valence electrons. The second kappa shape index (κ2) is 37.1. The quantitative estimate of drug-likeness (QED) is 0.0830. The van der Waals surface area contributed by atoms with Gasteiger partial charge in [-0.15, -0.1) is 0 Å². The van der Waals surface area contributed by atoms with E-state index in [0.29, 0.717) is 11.6 Å². The van der Waals surface area contributed by atoms with Gasteiger partial charge in [0.1, 0.15) is 29.1 Å². The van der Waals surface area contributed by atoms with Crippen LogP contribution < -0.4 is 0 Å². The van der Waals surface area contributed by atoms with Crippen molar-refractivity contribution in [2.45, 2.75) is 64.7 Å². The van der Waals surface area contributed by atoms with Crippen LogP contribution in [0.1, 0.15) is 88.8 Å². The Bertz CT molecular complexity index is 6830. The molecule has 0 bridgehead atoms. The third kappa shape index (κ3) is 19.1. The van der Waals surface area contributed by atoms with Gasteiger partial charge in [0.05, 0.1) is 66.9 Å². The number of rotatable bonds is 17.